The number of nitrogens with one attached hydrogen (secondary N) is 1. The Kier molecular flexibility index (Phi) is 3.02. The van der Waals surface area contributed by atoms with Crippen molar-refractivity contribution >= 4 is 5.97 Å². The summed E-state index contributed by atoms with van der Waals surface area (Å²) in [5, 5.41) is 11.8. The van der Waals surface area contributed by atoms with Gasteiger partial charge in [-0.15, -0.1) is 0 Å². The Morgan fingerprint density at radius 1 is 1.47 bits per heavy atom. The lowest BCUT2D eigenvalue weighted by Gasteiger charge is -2.12. The Morgan fingerprint density at radius 3 is 3.07 bits per heavy atom. The standard InChI is InChI=1S/C12H15NO2/c14-12(15)7-8-13-11-6-5-9-3-1-2-4-10(9)11/h1-4,11,13H,5-8H2,(H,14,15). The lowest BCUT2D eigenvalue weighted by Crippen LogP contribution is -2.22. The molecule has 3 heteroatoms. The highest BCUT2D eigenvalue weighted by atomic mass is 16.4. The van der Waals surface area contributed by atoms with Crippen molar-refractivity contribution in [2.45, 2.75) is 25.3 Å². The molecule has 0 saturated carbocycles. The van der Waals surface area contributed by atoms with Crippen LogP contribution in [0.2, 0.25) is 0 Å². The van der Waals surface area contributed by atoms with Crippen LogP contribution in [0.1, 0.15) is 30.0 Å². The predicted octanol–water partition coefficient (Wildman–Crippen LogP) is 1.74. The lowest BCUT2D eigenvalue weighted by atomic mass is 10.1. The molecule has 0 amide bonds. The van der Waals surface area contributed by atoms with E-state index in [1.807, 2.05) is 6.07 Å². The van der Waals surface area contributed by atoms with Crippen LogP contribution in [0.4, 0.5) is 0 Å². The van der Waals surface area contributed by atoms with Crippen LogP contribution < -0.4 is 5.32 Å². The smallest absolute Gasteiger partial charge is 0.304 e. The van der Waals surface area contributed by atoms with E-state index in [4.69, 9.17) is 5.11 Å². The second-order valence-electron chi connectivity index (χ2n) is 3.89. The maximum Gasteiger partial charge on any atom is 0.304 e. The van der Waals surface area contributed by atoms with Gasteiger partial charge in [0, 0.05) is 12.6 Å². The number of hydrogen-bond donors (Lipinski definition) is 2. The molecule has 80 valence electrons. The van der Waals surface area contributed by atoms with Crippen LogP contribution in [-0.2, 0) is 11.2 Å². The summed E-state index contributed by atoms with van der Waals surface area (Å²) in [6, 6.07) is 8.71. The summed E-state index contributed by atoms with van der Waals surface area (Å²) >= 11 is 0. The molecule has 0 heterocycles. The summed E-state index contributed by atoms with van der Waals surface area (Å²) in [5.74, 6) is -0.742. The molecular weight excluding hydrogens is 190 g/mol. The molecule has 15 heavy (non-hydrogen) atoms. The van der Waals surface area contributed by atoms with E-state index in [9.17, 15) is 4.79 Å². The fraction of sp³-hybridized carbons (Fsp3) is 0.417. The molecular formula is C12H15NO2. The van der Waals surface area contributed by atoms with E-state index in [1.165, 1.54) is 11.1 Å². The van der Waals surface area contributed by atoms with E-state index in [1.54, 1.807) is 0 Å². The third-order valence-corrected chi connectivity index (χ3v) is 2.86. The number of fused-ring (bicyclic) bond motifs is 1. The molecule has 0 spiro atoms. The van der Waals surface area contributed by atoms with Gasteiger partial charge in [0.15, 0.2) is 0 Å². The minimum atomic E-state index is -0.742. The van der Waals surface area contributed by atoms with Gasteiger partial charge in [-0.05, 0) is 24.0 Å². The molecule has 2 rings (SSSR count). The van der Waals surface area contributed by atoms with Crippen molar-refractivity contribution < 1.29 is 9.90 Å². The van der Waals surface area contributed by atoms with Gasteiger partial charge in [-0.1, -0.05) is 24.3 Å². The fourth-order valence-corrected chi connectivity index (χ4v) is 2.12. The number of benzene rings is 1. The minimum absolute atomic E-state index is 0.193. The summed E-state index contributed by atoms with van der Waals surface area (Å²) in [4.78, 5) is 10.4. The molecule has 1 aliphatic rings. The number of aliphatic carboxylic acids is 1. The Bertz CT molecular complexity index is 362. The van der Waals surface area contributed by atoms with Crippen LogP contribution in [0.15, 0.2) is 24.3 Å². The fourth-order valence-electron chi connectivity index (χ4n) is 2.12. The third-order valence-electron chi connectivity index (χ3n) is 2.86. The van der Waals surface area contributed by atoms with Gasteiger partial charge in [-0.2, -0.15) is 0 Å². The van der Waals surface area contributed by atoms with Crippen molar-refractivity contribution in [2.24, 2.45) is 0 Å². The highest BCUT2D eigenvalue weighted by molar-refractivity contribution is 5.66. The van der Waals surface area contributed by atoms with Crippen molar-refractivity contribution in [1.29, 1.82) is 0 Å². The molecule has 0 aliphatic heterocycles. The molecule has 0 radical (unpaired) electrons. The highest BCUT2D eigenvalue weighted by Gasteiger charge is 2.20. The average Bonchev–Trinajstić information content (AvgIpc) is 2.62. The predicted molar refractivity (Wildman–Crippen MR) is 57.8 cm³/mol. The van der Waals surface area contributed by atoms with E-state index in [-0.39, 0.29) is 6.42 Å². The Labute approximate surface area is 89.1 Å². The number of carboxylic acids is 1. The van der Waals surface area contributed by atoms with Crippen LogP contribution >= 0.6 is 0 Å². The van der Waals surface area contributed by atoms with Crippen molar-refractivity contribution in [2.75, 3.05) is 6.54 Å². The van der Waals surface area contributed by atoms with Crippen molar-refractivity contribution in [3.8, 4) is 0 Å². The Hall–Kier alpha value is -1.35. The van der Waals surface area contributed by atoms with Gasteiger partial charge in [0.05, 0.1) is 6.42 Å². The molecule has 1 atom stereocenters. The number of hydrogen-bond acceptors (Lipinski definition) is 2. The van der Waals surface area contributed by atoms with E-state index in [0.29, 0.717) is 12.6 Å². The van der Waals surface area contributed by atoms with Gasteiger partial charge in [-0.25, -0.2) is 0 Å². The van der Waals surface area contributed by atoms with E-state index in [2.05, 4.69) is 23.5 Å². The maximum atomic E-state index is 10.4. The molecule has 2 N–H and O–H groups in total. The molecule has 3 nitrogen and oxygen atoms in total. The summed E-state index contributed by atoms with van der Waals surface area (Å²) in [6.45, 7) is 0.550. The Morgan fingerprint density at radius 2 is 2.27 bits per heavy atom. The monoisotopic (exact) mass is 205 g/mol. The number of carbonyl (C=O) groups is 1. The first-order chi connectivity index (χ1) is 7.27. The molecule has 1 unspecified atom stereocenters. The maximum absolute atomic E-state index is 10.4. The van der Waals surface area contributed by atoms with Crippen LogP contribution in [0, 0.1) is 0 Å². The first-order valence-electron chi connectivity index (χ1n) is 5.30. The molecule has 0 aromatic heterocycles. The van der Waals surface area contributed by atoms with Gasteiger partial charge in [0.25, 0.3) is 0 Å². The topological polar surface area (TPSA) is 49.3 Å². The van der Waals surface area contributed by atoms with E-state index < -0.39 is 5.97 Å². The summed E-state index contributed by atoms with van der Waals surface area (Å²) in [5.41, 5.74) is 2.73. The highest BCUT2D eigenvalue weighted by Crippen LogP contribution is 2.30. The molecule has 0 saturated heterocycles. The normalized spacial score (nSPS) is 18.8. The first kappa shape index (κ1) is 10.2. The van der Waals surface area contributed by atoms with Crippen molar-refractivity contribution in [1.82, 2.24) is 5.32 Å². The first-order valence-corrected chi connectivity index (χ1v) is 5.30. The third kappa shape index (κ3) is 2.36. The molecule has 0 bridgehead atoms. The van der Waals surface area contributed by atoms with Crippen LogP contribution in [0.5, 0.6) is 0 Å². The summed E-state index contributed by atoms with van der Waals surface area (Å²) < 4.78 is 0. The number of aryl methyl sites for hydroxylation is 1. The SMILES string of the molecule is O=C(O)CCNC1CCc2ccccc21. The van der Waals surface area contributed by atoms with E-state index in [0.717, 1.165) is 12.8 Å². The number of rotatable bonds is 4. The van der Waals surface area contributed by atoms with Gasteiger partial charge in [0.1, 0.15) is 0 Å². The Balaban J connectivity index is 1.93. The van der Waals surface area contributed by atoms with Crippen molar-refractivity contribution in [3.05, 3.63) is 35.4 Å². The number of carboxylic acid groups (broad SMARTS) is 1. The second-order valence-corrected chi connectivity index (χ2v) is 3.89. The zero-order valence-corrected chi connectivity index (χ0v) is 8.57. The molecule has 1 aromatic carbocycles. The van der Waals surface area contributed by atoms with E-state index >= 15 is 0 Å². The second kappa shape index (κ2) is 4.45. The summed E-state index contributed by atoms with van der Waals surface area (Å²) in [7, 11) is 0. The van der Waals surface area contributed by atoms with Gasteiger partial charge < -0.3 is 10.4 Å². The quantitative estimate of drug-likeness (QED) is 0.787. The molecule has 1 aliphatic carbocycles. The zero-order valence-electron chi connectivity index (χ0n) is 8.57. The summed E-state index contributed by atoms with van der Waals surface area (Å²) in [6.07, 6.45) is 2.37. The van der Waals surface area contributed by atoms with Gasteiger partial charge in [-0.3, -0.25) is 4.79 Å². The van der Waals surface area contributed by atoms with Crippen molar-refractivity contribution in [3.63, 3.8) is 0 Å². The van der Waals surface area contributed by atoms with Gasteiger partial charge in [0.2, 0.25) is 0 Å². The van der Waals surface area contributed by atoms with Crippen LogP contribution in [-0.4, -0.2) is 17.6 Å². The largest absolute Gasteiger partial charge is 0.481 e. The average molecular weight is 205 g/mol. The van der Waals surface area contributed by atoms with Crippen LogP contribution in [0.25, 0.3) is 0 Å². The molecule has 1 aromatic rings. The van der Waals surface area contributed by atoms with Gasteiger partial charge >= 0.3 is 5.97 Å². The molecule has 0 fully saturated rings. The minimum Gasteiger partial charge on any atom is -0.481 e. The lowest BCUT2D eigenvalue weighted by molar-refractivity contribution is -0.136. The van der Waals surface area contributed by atoms with Crippen LogP contribution in [0.3, 0.4) is 0 Å². The zero-order chi connectivity index (χ0) is 10.7.